The lowest BCUT2D eigenvalue weighted by Crippen LogP contribution is -2.52. The molecule has 1 fully saturated rings. The zero-order valence-corrected chi connectivity index (χ0v) is 10.1. The van der Waals surface area contributed by atoms with Gasteiger partial charge < -0.3 is 20.5 Å². The van der Waals surface area contributed by atoms with E-state index >= 15 is 0 Å². The average molecular weight is 250 g/mol. The average Bonchev–Trinajstić information content (AvgIpc) is 2.40. The fraction of sp³-hybridized carbons (Fsp3) is 0.462. The van der Waals surface area contributed by atoms with Gasteiger partial charge in [0.05, 0.1) is 12.1 Å². The molecule has 1 aromatic rings. The molecule has 0 aliphatic carbocycles. The molecule has 0 aromatic heterocycles. The lowest BCUT2D eigenvalue weighted by Gasteiger charge is -2.28. The maximum atomic E-state index is 11.6. The van der Waals surface area contributed by atoms with E-state index in [1.165, 1.54) is 0 Å². The molecule has 3 N–H and O–H groups in total. The molecule has 18 heavy (non-hydrogen) atoms. The van der Waals surface area contributed by atoms with Gasteiger partial charge in [-0.15, -0.1) is 0 Å². The molecule has 1 aliphatic heterocycles. The van der Waals surface area contributed by atoms with E-state index in [1.54, 1.807) is 0 Å². The summed E-state index contributed by atoms with van der Waals surface area (Å²) in [7, 11) is 0. The van der Waals surface area contributed by atoms with Gasteiger partial charge in [-0.25, -0.2) is 4.79 Å². The van der Waals surface area contributed by atoms with Crippen LogP contribution in [0, 0.1) is 0 Å². The Morgan fingerprint density at radius 3 is 2.94 bits per heavy atom. The van der Waals surface area contributed by atoms with Crippen molar-refractivity contribution in [3.63, 3.8) is 0 Å². The summed E-state index contributed by atoms with van der Waals surface area (Å²) in [5.41, 5.74) is 0.943. The van der Waals surface area contributed by atoms with Crippen molar-refractivity contribution in [2.45, 2.75) is 25.2 Å². The Morgan fingerprint density at radius 1 is 1.44 bits per heavy atom. The van der Waals surface area contributed by atoms with Crippen molar-refractivity contribution in [2.75, 3.05) is 13.1 Å². The van der Waals surface area contributed by atoms with Crippen LogP contribution in [0.2, 0.25) is 0 Å². The van der Waals surface area contributed by atoms with E-state index in [-0.39, 0.29) is 12.6 Å². The maximum Gasteiger partial charge on any atom is 0.407 e. The number of rotatable bonds is 3. The van der Waals surface area contributed by atoms with E-state index in [9.17, 15) is 9.90 Å². The molecule has 98 valence electrons. The summed E-state index contributed by atoms with van der Waals surface area (Å²) in [5.74, 6) is 0. The number of carbonyl (C=O) groups is 1. The van der Waals surface area contributed by atoms with Crippen molar-refractivity contribution in [1.29, 1.82) is 0 Å². The van der Waals surface area contributed by atoms with Gasteiger partial charge in [0.25, 0.3) is 0 Å². The zero-order valence-electron chi connectivity index (χ0n) is 10.1. The largest absolute Gasteiger partial charge is 0.445 e. The molecule has 1 aromatic carbocycles. The van der Waals surface area contributed by atoms with Crippen molar-refractivity contribution < 1.29 is 14.6 Å². The van der Waals surface area contributed by atoms with E-state index in [2.05, 4.69) is 10.6 Å². The minimum Gasteiger partial charge on any atom is -0.445 e. The number of piperidine rings is 1. The summed E-state index contributed by atoms with van der Waals surface area (Å²) in [6, 6.07) is 9.27. The highest BCUT2D eigenvalue weighted by molar-refractivity contribution is 5.67. The second-order valence-corrected chi connectivity index (χ2v) is 4.37. The topological polar surface area (TPSA) is 70.6 Å². The number of amides is 1. The molecule has 0 saturated carbocycles. The first-order valence-electron chi connectivity index (χ1n) is 6.11. The third-order valence-electron chi connectivity index (χ3n) is 2.97. The van der Waals surface area contributed by atoms with Gasteiger partial charge >= 0.3 is 6.09 Å². The van der Waals surface area contributed by atoms with Gasteiger partial charge in [0, 0.05) is 6.54 Å². The molecule has 1 amide bonds. The molecule has 1 saturated heterocycles. The van der Waals surface area contributed by atoms with Crippen LogP contribution < -0.4 is 10.6 Å². The van der Waals surface area contributed by atoms with E-state index in [1.807, 2.05) is 30.3 Å². The Morgan fingerprint density at radius 2 is 2.22 bits per heavy atom. The first-order chi connectivity index (χ1) is 8.75. The quantitative estimate of drug-likeness (QED) is 0.736. The molecular weight excluding hydrogens is 232 g/mol. The summed E-state index contributed by atoms with van der Waals surface area (Å²) in [6.45, 7) is 1.54. The molecule has 5 heteroatoms. The van der Waals surface area contributed by atoms with Gasteiger partial charge in [0.1, 0.15) is 6.61 Å². The number of hydrogen-bond acceptors (Lipinski definition) is 4. The van der Waals surface area contributed by atoms with Gasteiger partial charge in [-0.1, -0.05) is 30.3 Å². The van der Waals surface area contributed by atoms with E-state index < -0.39 is 12.2 Å². The van der Waals surface area contributed by atoms with Gasteiger partial charge in [-0.2, -0.15) is 0 Å². The van der Waals surface area contributed by atoms with Gasteiger partial charge in [-0.3, -0.25) is 0 Å². The van der Waals surface area contributed by atoms with Crippen LogP contribution in [0.5, 0.6) is 0 Å². The molecule has 0 bridgehead atoms. The molecule has 1 aliphatic rings. The normalized spacial score (nSPS) is 23.4. The number of aliphatic hydroxyl groups excluding tert-OH is 1. The van der Waals surface area contributed by atoms with Gasteiger partial charge in [0.15, 0.2) is 0 Å². The second kappa shape index (κ2) is 6.37. The summed E-state index contributed by atoms with van der Waals surface area (Å²) < 4.78 is 5.10. The highest BCUT2D eigenvalue weighted by Gasteiger charge is 2.24. The number of aliphatic hydroxyl groups is 1. The van der Waals surface area contributed by atoms with Gasteiger partial charge in [-0.05, 0) is 18.5 Å². The second-order valence-electron chi connectivity index (χ2n) is 4.37. The number of alkyl carbamates (subject to hydrolysis) is 1. The zero-order chi connectivity index (χ0) is 12.8. The van der Waals surface area contributed by atoms with Crippen molar-refractivity contribution >= 4 is 6.09 Å². The minimum absolute atomic E-state index is 0.227. The Kier molecular flexibility index (Phi) is 4.55. The predicted molar refractivity (Wildman–Crippen MR) is 67.0 cm³/mol. The number of benzene rings is 1. The lowest BCUT2D eigenvalue weighted by molar-refractivity contribution is 0.0864. The molecule has 2 rings (SSSR count). The van der Waals surface area contributed by atoms with Crippen LogP contribution in [0.25, 0.3) is 0 Å². The number of ether oxygens (including phenoxy) is 1. The van der Waals surface area contributed by atoms with Crippen molar-refractivity contribution in [3.05, 3.63) is 35.9 Å². The molecule has 0 spiro atoms. The molecule has 0 unspecified atom stereocenters. The highest BCUT2D eigenvalue weighted by atomic mass is 16.5. The standard InChI is InChI=1S/C13H18N2O3/c16-12-8-14-7-6-11(12)15-13(17)18-9-10-4-2-1-3-5-10/h1-5,11-12,14,16H,6-9H2,(H,15,17)/t11-,12-/m1/s1. The van der Waals surface area contributed by atoms with Crippen LogP contribution in [0.4, 0.5) is 4.79 Å². The van der Waals surface area contributed by atoms with E-state index in [0.29, 0.717) is 13.0 Å². The minimum atomic E-state index is -0.553. The lowest BCUT2D eigenvalue weighted by atomic mass is 10.0. The summed E-state index contributed by atoms with van der Waals surface area (Å²) in [6.07, 6.45) is -0.324. The number of nitrogens with one attached hydrogen (secondary N) is 2. The van der Waals surface area contributed by atoms with Crippen molar-refractivity contribution in [3.8, 4) is 0 Å². The fourth-order valence-electron chi connectivity index (χ4n) is 1.93. The Labute approximate surface area is 106 Å². The van der Waals surface area contributed by atoms with Crippen LogP contribution >= 0.6 is 0 Å². The smallest absolute Gasteiger partial charge is 0.407 e. The monoisotopic (exact) mass is 250 g/mol. The Balaban J connectivity index is 1.75. The van der Waals surface area contributed by atoms with Crippen LogP contribution in [0.3, 0.4) is 0 Å². The fourth-order valence-corrected chi connectivity index (χ4v) is 1.93. The number of hydrogen-bond donors (Lipinski definition) is 3. The summed E-state index contributed by atoms with van der Waals surface area (Å²) in [5, 5.41) is 15.4. The molecule has 2 atom stereocenters. The molecule has 0 radical (unpaired) electrons. The maximum absolute atomic E-state index is 11.6. The molecule has 1 heterocycles. The van der Waals surface area contributed by atoms with E-state index in [0.717, 1.165) is 12.1 Å². The van der Waals surface area contributed by atoms with Gasteiger partial charge in [0.2, 0.25) is 0 Å². The number of carbonyl (C=O) groups excluding carboxylic acids is 1. The van der Waals surface area contributed by atoms with Crippen LogP contribution in [-0.2, 0) is 11.3 Å². The third-order valence-corrected chi connectivity index (χ3v) is 2.97. The van der Waals surface area contributed by atoms with Crippen LogP contribution in [-0.4, -0.2) is 36.4 Å². The molecular formula is C13H18N2O3. The number of β-amino-alcohol motifs (C(OH)–C–C–N with tert-alkyl or cyclic N) is 1. The molecule has 5 nitrogen and oxygen atoms in total. The summed E-state index contributed by atoms with van der Waals surface area (Å²) >= 11 is 0. The Hall–Kier alpha value is -1.59. The van der Waals surface area contributed by atoms with Crippen molar-refractivity contribution in [1.82, 2.24) is 10.6 Å². The third kappa shape index (κ3) is 3.72. The predicted octanol–water partition coefficient (Wildman–Crippen LogP) is 0.636. The van der Waals surface area contributed by atoms with Crippen LogP contribution in [0.1, 0.15) is 12.0 Å². The highest BCUT2D eigenvalue weighted by Crippen LogP contribution is 2.05. The Bertz CT molecular complexity index is 383. The van der Waals surface area contributed by atoms with Crippen molar-refractivity contribution in [2.24, 2.45) is 0 Å². The first kappa shape index (κ1) is 12.9. The SMILES string of the molecule is O=C(N[C@@H]1CCNC[C@H]1O)OCc1ccccc1. The summed E-state index contributed by atoms with van der Waals surface area (Å²) in [4.78, 5) is 11.6. The first-order valence-corrected chi connectivity index (χ1v) is 6.11. The van der Waals surface area contributed by atoms with E-state index in [4.69, 9.17) is 4.74 Å². The van der Waals surface area contributed by atoms with Crippen LogP contribution in [0.15, 0.2) is 30.3 Å².